The van der Waals surface area contributed by atoms with E-state index in [1.807, 2.05) is 4.90 Å². The van der Waals surface area contributed by atoms with Crippen molar-refractivity contribution in [2.75, 3.05) is 31.6 Å². The van der Waals surface area contributed by atoms with Crippen LogP contribution in [0.15, 0.2) is 17.1 Å². The Kier molecular flexibility index (Phi) is 5.22. The molecular formula is C22H28FN3O4. The van der Waals surface area contributed by atoms with Crippen LogP contribution in [-0.2, 0) is 0 Å². The first-order valence-electron chi connectivity index (χ1n) is 10.2. The maximum Gasteiger partial charge on any atom is 0.341 e. The molecule has 2 saturated heterocycles. The van der Waals surface area contributed by atoms with Crippen LogP contribution in [0, 0.1) is 11.7 Å². The molecule has 1 saturated carbocycles. The summed E-state index contributed by atoms with van der Waals surface area (Å²) >= 11 is 0. The highest BCUT2D eigenvalue weighted by atomic mass is 19.1. The van der Waals surface area contributed by atoms with Crippen LogP contribution < -0.4 is 20.4 Å². The summed E-state index contributed by atoms with van der Waals surface area (Å²) in [5, 5.41) is 13.0. The van der Waals surface area contributed by atoms with Gasteiger partial charge in [-0.3, -0.25) is 4.79 Å². The predicted molar refractivity (Wildman–Crippen MR) is 113 cm³/mol. The smallest absolute Gasteiger partial charge is 0.341 e. The molecule has 162 valence electrons. The van der Waals surface area contributed by atoms with Crippen molar-refractivity contribution in [2.24, 2.45) is 5.92 Å². The lowest BCUT2D eigenvalue weighted by Crippen LogP contribution is -2.40. The number of carboxylic acid groups (broad SMARTS) is 1. The highest BCUT2D eigenvalue weighted by Crippen LogP contribution is 2.45. The zero-order chi connectivity index (χ0) is 20.3. The van der Waals surface area contributed by atoms with Crippen molar-refractivity contribution in [3.8, 4) is 5.75 Å². The van der Waals surface area contributed by atoms with Crippen molar-refractivity contribution < 1.29 is 19.0 Å². The zero-order valence-corrected chi connectivity index (χ0v) is 16.3. The number of aromatic nitrogens is 1. The Labute approximate surface area is 174 Å². The van der Waals surface area contributed by atoms with Gasteiger partial charge >= 0.3 is 5.97 Å². The Morgan fingerprint density at radius 3 is 2.70 bits per heavy atom. The summed E-state index contributed by atoms with van der Waals surface area (Å²) in [6.07, 6.45) is 5.40. The number of benzene rings is 1. The second-order valence-corrected chi connectivity index (χ2v) is 8.32. The number of ether oxygens (including phenoxy) is 1. The number of hydrogen-bond acceptors (Lipinski definition) is 5. The fourth-order valence-corrected chi connectivity index (χ4v) is 4.95. The maximum atomic E-state index is 15.3. The van der Waals surface area contributed by atoms with E-state index < -0.39 is 17.2 Å². The Hall–Kier alpha value is -2.61. The minimum absolute atomic E-state index is 0. The van der Waals surface area contributed by atoms with Crippen LogP contribution in [0.1, 0.15) is 49.5 Å². The molecule has 30 heavy (non-hydrogen) atoms. The molecular weight excluding hydrogens is 389 g/mol. The van der Waals surface area contributed by atoms with E-state index in [-0.39, 0.29) is 24.4 Å². The van der Waals surface area contributed by atoms with Crippen molar-refractivity contribution in [1.29, 1.82) is 0 Å². The van der Waals surface area contributed by atoms with E-state index in [0.717, 1.165) is 38.8 Å². The molecule has 2 aromatic rings. The molecule has 2 N–H and O–H groups in total. The van der Waals surface area contributed by atoms with E-state index in [0.29, 0.717) is 35.5 Å². The second kappa shape index (κ2) is 7.58. The number of carboxylic acids is 1. The highest BCUT2D eigenvalue weighted by Gasteiger charge is 2.38. The molecule has 0 spiro atoms. The lowest BCUT2D eigenvalue weighted by atomic mass is 9.94. The minimum atomic E-state index is -1.30. The molecule has 3 heterocycles. The second-order valence-electron chi connectivity index (χ2n) is 8.32. The van der Waals surface area contributed by atoms with Gasteiger partial charge in [0.15, 0.2) is 11.6 Å². The Morgan fingerprint density at radius 2 is 2.07 bits per heavy atom. The summed E-state index contributed by atoms with van der Waals surface area (Å²) in [6, 6.07) is 1.62. The van der Waals surface area contributed by atoms with Gasteiger partial charge < -0.3 is 24.6 Å². The molecule has 0 radical (unpaired) electrons. The summed E-state index contributed by atoms with van der Waals surface area (Å²) < 4.78 is 22.8. The maximum absolute atomic E-state index is 15.3. The van der Waals surface area contributed by atoms with Gasteiger partial charge in [-0.15, -0.1) is 0 Å². The number of rotatable bonds is 4. The summed E-state index contributed by atoms with van der Waals surface area (Å²) in [5.74, 6) is -1.07. The zero-order valence-electron chi connectivity index (χ0n) is 16.3. The minimum Gasteiger partial charge on any atom is -0.492 e. The molecule has 5 rings (SSSR count). The number of pyridine rings is 1. The molecule has 0 bridgehead atoms. The van der Waals surface area contributed by atoms with Crippen molar-refractivity contribution >= 4 is 22.6 Å². The van der Waals surface area contributed by atoms with Crippen LogP contribution in [0.2, 0.25) is 0 Å². The molecule has 2 aliphatic heterocycles. The summed E-state index contributed by atoms with van der Waals surface area (Å²) in [7, 11) is 1.48. The first kappa shape index (κ1) is 20.7. The van der Waals surface area contributed by atoms with Crippen LogP contribution >= 0.6 is 0 Å². The fraction of sp³-hybridized carbons (Fsp3) is 0.545. The van der Waals surface area contributed by atoms with Gasteiger partial charge in [0, 0.05) is 31.4 Å². The molecule has 1 aromatic carbocycles. The lowest BCUT2D eigenvalue weighted by molar-refractivity contribution is 0.0695. The van der Waals surface area contributed by atoms with E-state index in [1.54, 1.807) is 4.57 Å². The number of halogens is 1. The third-order valence-electron chi connectivity index (χ3n) is 6.49. The summed E-state index contributed by atoms with van der Waals surface area (Å²) in [5.41, 5.74) is -0.155. The molecule has 1 aliphatic carbocycles. The van der Waals surface area contributed by atoms with Gasteiger partial charge in [-0.1, -0.05) is 7.43 Å². The molecule has 8 heteroatoms. The van der Waals surface area contributed by atoms with Gasteiger partial charge in [-0.2, -0.15) is 0 Å². The molecule has 0 unspecified atom stereocenters. The number of hydrogen-bond donors (Lipinski definition) is 2. The first-order chi connectivity index (χ1) is 14.0. The average Bonchev–Trinajstić information content (AvgIpc) is 3.45. The van der Waals surface area contributed by atoms with Crippen LogP contribution in [0.3, 0.4) is 0 Å². The summed E-state index contributed by atoms with van der Waals surface area (Å²) in [4.78, 5) is 26.4. The standard InChI is InChI=1S/C21H24FN3O4.CH4/c1-29-20-17-13(19(26)14(21(27)28)9-25(17)12-4-5-12)7-15(22)18(20)24-8-11-3-2-6-23-16(11)10-24;/h7,9,11-12,16,23H,2-6,8,10H2,1H3,(H,27,28);1H4/t11-,16+;/m0./s1. The number of piperidine rings is 1. The Bertz CT molecular complexity index is 1050. The number of anilines is 1. The molecule has 7 nitrogen and oxygen atoms in total. The van der Waals surface area contributed by atoms with Gasteiger partial charge in [-0.25, -0.2) is 9.18 Å². The van der Waals surface area contributed by atoms with E-state index in [1.165, 1.54) is 19.4 Å². The SMILES string of the molecule is C.COc1c(N2C[C@@H]3CCCN[C@@H]3C2)c(F)cc2c(=O)c(C(=O)O)cn(C3CC3)c12. The third-order valence-corrected chi connectivity index (χ3v) is 6.49. The van der Waals surface area contributed by atoms with Crippen molar-refractivity contribution in [2.45, 2.75) is 45.2 Å². The van der Waals surface area contributed by atoms with Crippen molar-refractivity contribution in [1.82, 2.24) is 9.88 Å². The fourth-order valence-electron chi connectivity index (χ4n) is 4.95. The molecule has 1 aromatic heterocycles. The monoisotopic (exact) mass is 417 g/mol. The van der Waals surface area contributed by atoms with Crippen molar-refractivity contribution in [3.63, 3.8) is 0 Å². The molecule has 3 fully saturated rings. The average molecular weight is 417 g/mol. The lowest BCUT2D eigenvalue weighted by Gasteiger charge is -2.25. The van der Waals surface area contributed by atoms with Crippen molar-refractivity contribution in [3.05, 3.63) is 33.9 Å². The predicted octanol–water partition coefficient (Wildman–Crippen LogP) is 3.01. The molecule has 3 aliphatic rings. The number of methoxy groups -OCH3 is 1. The normalized spacial score (nSPS) is 23.2. The Morgan fingerprint density at radius 1 is 1.30 bits per heavy atom. The van der Waals surface area contributed by atoms with Crippen LogP contribution in [-0.4, -0.2) is 48.4 Å². The topological polar surface area (TPSA) is 83.8 Å². The largest absolute Gasteiger partial charge is 0.492 e. The van der Waals surface area contributed by atoms with E-state index >= 15 is 4.39 Å². The number of nitrogens with one attached hydrogen (secondary N) is 1. The van der Waals surface area contributed by atoms with Gasteiger partial charge in [0.1, 0.15) is 11.3 Å². The quantitative estimate of drug-likeness (QED) is 0.796. The van der Waals surface area contributed by atoms with Gasteiger partial charge in [0.2, 0.25) is 5.43 Å². The summed E-state index contributed by atoms with van der Waals surface area (Å²) in [6.45, 7) is 2.40. The molecule has 2 atom stereocenters. The van der Waals surface area contributed by atoms with E-state index in [9.17, 15) is 14.7 Å². The van der Waals surface area contributed by atoms with Crippen LogP contribution in [0.5, 0.6) is 5.75 Å². The number of fused-ring (bicyclic) bond motifs is 2. The van der Waals surface area contributed by atoms with Gasteiger partial charge in [-0.05, 0) is 44.2 Å². The van der Waals surface area contributed by atoms with Gasteiger partial charge in [0.25, 0.3) is 0 Å². The number of carbonyl (C=O) groups is 1. The first-order valence-corrected chi connectivity index (χ1v) is 10.2. The van der Waals surface area contributed by atoms with E-state index in [4.69, 9.17) is 4.74 Å². The van der Waals surface area contributed by atoms with Crippen LogP contribution in [0.4, 0.5) is 10.1 Å². The molecule has 0 amide bonds. The Balaban J connectivity index is 0.00000218. The van der Waals surface area contributed by atoms with Gasteiger partial charge in [0.05, 0.1) is 18.0 Å². The number of aromatic carboxylic acids is 1. The highest BCUT2D eigenvalue weighted by molar-refractivity contribution is 5.97. The number of nitrogens with zero attached hydrogens (tertiary/aromatic N) is 2. The van der Waals surface area contributed by atoms with E-state index in [2.05, 4.69) is 5.32 Å². The van der Waals surface area contributed by atoms with Crippen LogP contribution in [0.25, 0.3) is 10.9 Å². The third kappa shape index (κ3) is 3.14.